The van der Waals surface area contributed by atoms with E-state index < -0.39 is 0 Å². The zero-order valence-corrected chi connectivity index (χ0v) is 53.1. The van der Waals surface area contributed by atoms with Gasteiger partial charge in [-0.05, 0) is 174 Å². The van der Waals surface area contributed by atoms with E-state index in [1.165, 1.54) is 213 Å². The Balaban J connectivity index is 1.08. The molecule has 0 saturated carbocycles. The van der Waals surface area contributed by atoms with Crippen LogP contribution in [-0.4, -0.2) is 13.2 Å². The average Bonchev–Trinajstić information content (AvgIpc) is 1.75. The van der Waals surface area contributed by atoms with Gasteiger partial charge in [0.15, 0.2) is 0 Å². The minimum Gasteiger partial charge on any atom is -0.494 e. The van der Waals surface area contributed by atoms with Gasteiger partial charge in [0.2, 0.25) is 0 Å². The highest BCUT2D eigenvalue weighted by atomic mass is 16.5. The highest BCUT2D eigenvalue weighted by Crippen LogP contribution is 2.61. The summed E-state index contributed by atoms with van der Waals surface area (Å²) in [5, 5.41) is 0. The molecule has 0 bridgehead atoms. The number of ether oxygens (including phenoxy) is 2. The third-order valence-electron chi connectivity index (χ3n) is 19.2. The molecule has 4 heteroatoms. The Morgan fingerprint density at radius 3 is 1.27 bits per heavy atom. The topological polar surface area (TPSA) is 34.8 Å². The number of aryl methyl sites for hydroxylation is 2. The van der Waals surface area contributed by atoms with E-state index in [4.69, 9.17) is 13.9 Å². The van der Waals surface area contributed by atoms with Gasteiger partial charge in [-0.25, -0.2) is 0 Å². The second-order valence-corrected chi connectivity index (χ2v) is 25.5. The van der Waals surface area contributed by atoms with Crippen LogP contribution in [0.25, 0.3) is 33.4 Å². The van der Waals surface area contributed by atoms with E-state index in [1.54, 1.807) is 39.6 Å². The quantitative estimate of drug-likeness (QED) is 0.0360. The number of hydrogen-bond acceptors (Lipinski definition) is 4. The Hall–Kier alpha value is -5.84. The summed E-state index contributed by atoms with van der Waals surface area (Å²) < 4.78 is 17.4. The first-order valence-electron chi connectivity index (χ1n) is 34.1. The minimum absolute atomic E-state index is 0.0356. The standard InChI is InChI=1S/C80H105NO3/c1-7-11-15-19-23-27-50-79(51-28-24-20-16-12-8-2)75-57-63(6)36-48-71(75)73-59-78-74(60-77(73)79)72-49-39-65(58-76(72)80(78,52-29-25-21-17-13-9-3)53-30-26-22-18-14-10-4)64-37-42-67(43-38-64)81(66-40-34-62(5)35-41-66)68-44-46-69(47-45-68)83-56-32-54-82-61-70-33-31-55-84-70/h31,33-49,55,57-60H,7-30,32,50-54,56,61H2,1-6H3. The van der Waals surface area contributed by atoms with E-state index in [0.29, 0.717) is 19.8 Å². The van der Waals surface area contributed by atoms with E-state index in [9.17, 15) is 0 Å². The van der Waals surface area contributed by atoms with Gasteiger partial charge in [0.25, 0.3) is 0 Å². The highest BCUT2D eigenvalue weighted by Gasteiger charge is 2.48. The van der Waals surface area contributed by atoms with Crippen molar-refractivity contribution in [1.29, 1.82) is 0 Å². The first-order valence-corrected chi connectivity index (χ1v) is 34.1. The molecule has 0 unspecified atom stereocenters. The number of furan rings is 1. The number of hydrogen-bond donors (Lipinski definition) is 0. The van der Waals surface area contributed by atoms with Crippen LogP contribution in [0.15, 0.2) is 144 Å². The Morgan fingerprint density at radius 1 is 0.369 bits per heavy atom. The molecule has 0 radical (unpaired) electrons. The zero-order valence-electron chi connectivity index (χ0n) is 53.1. The summed E-state index contributed by atoms with van der Waals surface area (Å²) >= 11 is 0. The first-order chi connectivity index (χ1) is 41.3. The van der Waals surface area contributed by atoms with Gasteiger partial charge >= 0.3 is 0 Å². The van der Waals surface area contributed by atoms with Crippen molar-refractivity contribution >= 4 is 17.1 Å². The molecule has 0 amide bonds. The van der Waals surface area contributed by atoms with Gasteiger partial charge < -0.3 is 18.8 Å². The maximum absolute atomic E-state index is 6.20. The number of unbranched alkanes of at least 4 members (excludes halogenated alkanes) is 20. The lowest BCUT2D eigenvalue weighted by molar-refractivity contribution is 0.0944. The molecule has 6 aromatic carbocycles. The van der Waals surface area contributed by atoms with Crippen LogP contribution in [-0.2, 0) is 22.2 Å². The highest BCUT2D eigenvalue weighted by molar-refractivity contribution is 5.91. The Morgan fingerprint density at radius 2 is 0.786 bits per heavy atom. The summed E-state index contributed by atoms with van der Waals surface area (Å²) in [6.45, 7) is 15.6. The maximum Gasteiger partial charge on any atom is 0.129 e. The molecule has 0 spiro atoms. The fourth-order valence-corrected chi connectivity index (χ4v) is 14.5. The summed E-state index contributed by atoms with van der Waals surface area (Å²) in [6, 6.07) is 51.7. The largest absolute Gasteiger partial charge is 0.494 e. The number of nitrogens with zero attached hydrogens (tertiary/aromatic N) is 1. The van der Waals surface area contributed by atoms with E-state index in [1.807, 2.05) is 12.1 Å². The van der Waals surface area contributed by atoms with Crippen LogP contribution in [0.2, 0.25) is 0 Å². The van der Waals surface area contributed by atoms with Gasteiger partial charge in [-0.3, -0.25) is 0 Å². The molecule has 0 atom stereocenters. The molecular weight excluding hydrogens is 1020 g/mol. The monoisotopic (exact) mass is 1130 g/mol. The number of anilines is 3. The van der Waals surface area contributed by atoms with Gasteiger partial charge in [0.05, 0.1) is 19.5 Å². The molecule has 2 aliphatic rings. The van der Waals surface area contributed by atoms with Crippen molar-refractivity contribution in [2.45, 2.75) is 245 Å². The smallest absolute Gasteiger partial charge is 0.129 e. The third-order valence-corrected chi connectivity index (χ3v) is 19.2. The Labute approximate surface area is 509 Å². The molecule has 84 heavy (non-hydrogen) atoms. The SMILES string of the molecule is CCCCCCCCC1(CCCCCCCC)c2cc(C)ccc2-c2cc3c(cc21)-c1ccc(-c2ccc(N(c4ccc(C)cc4)c4ccc(OCCCOCc5ccco5)cc4)cc2)cc1C3(CCCCCCCC)CCCCCCCC. The average molecular weight is 1130 g/mol. The predicted octanol–water partition coefficient (Wildman–Crippen LogP) is 24.6. The Kier molecular flexibility index (Phi) is 23.9. The molecule has 448 valence electrons. The van der Waals surface area contributed by atoms with Gasteiger partial charge in [-0.15, -0.1) is 0 Å². The van der Waals surface area contributed by atoms with E-state index in [-0.39, 0.29) is 10.8 Å². The van der Waals surface area contributed by atoms with Crippen molar-refractivity contribution < 1.29 is 13.9 Å². The van der Waals surface area contributed by atoms with Crippen LogP contribution in [0.3, 0.4) is 0 Å². The molecule has 1 aromatic heterocycles. The minimum atomic E-state index is -0.0356. The molecule has 0 fully saturated rings. The summed E-state index contributed by atoms with van der Waals surface area (Å²) in [5.41, 5.74) is 21.3. The summed E-state index contributed by atoms with van der Waals surface area (Å²) in [6.07, 6.45) is 39.3. The lowest BCUT2D eigenvalue weighted by atomic mass is 9.68. The van der Waals surface area contributed by atoms with Gasteiger partial charge in [0.1, 0.15) is 18.1 Å². The van der Waals surface area contributed by atoms with Crippen LogP contribution < -0.4 is 9.64 Å². The van der Waals surface area contributed by atoms with Crippen LogP contribution in [0.1, 0.15) is 253 Å². The molecule has 0 saturated heterocycles. The molecule has 4 nitrogen and oxygen atoms in total. The molecule has 2 aliphatic carbocycles. The van der Waals surface area contributed by atoms with Crippen molar-refractivity contribution in [3.05, 3.63) is 179 Å². The van der Waals surface area contributed by atoms with E-state index in [0.717, 1.165) is 35.0 Å². The fraction of sp³-hybridized carbons (Fsp3) is 0.500. The molecule has 0 N–H and O–H groups in total. The second kappa shape index (κ2) is 32.1. The van der Waals surface area contributed by atoms with Gasteiger partial charge in [0, 0.05) is 34.3 Å². The summed E-state index contributed by atoms with van der Waals surface area (Å²) in [4.78, 5) is 2.37. The number of rotatable bonds is 39. The van der Waals surface area contributed by atoms with Crippen molar-refractivity contribution in [3.8, 4) is 39.1 Å². The number of fused-ring (bicyclic) bond motifs is 6. The molecule has 0 aliphatic heterocycles. The van der Waals surface area contributed by atoms with Crippen molar-refractivity contribution in [1.82, 2.24) is 0 Å². The normalized spacial score (nSPS) is 13.5. The molecule has 9 rings (SSSR count). The van der Waals surface area contributed by atoms with Crippen LogP contribution in [0.4, 0.5) is 17.1 Å². The molecular formula is C80H105NO3. The van der Waals surface area contributed by atoms with Gasteiger partial charge in [-0.2, -0.15) is 0 Å². The number of benzene rings is 6. The molecule has 7 aromatic rings. The summed E-state index contributed by atoms with van der Waals surface area (Å²) in [7, 11) is 0. The van der Waals surface area contributed by atoms with Crippen molar-refractivity contribution in [3.63, 3.8) is 0 Å². The maximum atomic E-state index is 6.20. The third kappa shape index (κ3) is 15.6. The van der Waals surface area contributed by atoms with Gasteiger partial charge in [-0.1, -0.05) is 248 Å². The zero-order chi connectivity index (χ0) is 58.4. The van der Waals surface area contributed by atoms with E-state index in [2.05, 4.69) is 168 Å². The van der Waals surface area contributed by atoms with Crippen LogP contribution >= 0.6 is 0 Å². The lowest BCUT2D eigenvalue weighted by Crippen LogP contribution is -2.27. The molecule has 1 heterocycles. The van der Waals surface area contributed by atoms with Crippen molar-refractivity contribution in [2.24, 2.45) is 0 Å². The fourth-order valence-electron chi connectivity index (χ4n) is 14.5. The Bertz CT molecular complexity index is 3010. The van der Waals surface area contributed by atoms with Crippen LogP contribution in [0.5, 0.6) is 5.75 Å². The van der Waals surface area contributed by atoms with Crippen LogP contribution in [0, 0.1) is 13.8 Å². The second-order valence-electron chi connectivity index (χ2n) is 25.5. The summed E-state index contributed by atoms with van der Waals surface area (Å²) in [5.74, 6) is 1.70. The predicted molar refractivity (Wildman–Crippen MR) is 359 cm³/mol. The lowest BCUT2D eigenvalue weighted by Gasteiger charge is -2.35. The first kappa shape index (κ1) is 62.7. The van der Waals surface area contributed by atoms with E-state index >= 15 is 0 Å². The van der Waals surface area contributed by atoms with Crippen molar-refractivity contribution in [2.75, 3.05) is 18.1 Å².